The van der Waals surface area contributed by atoms with Crippen LogP contribution in [0.1, 0.15) is 18.4 Å². The maximum atomic E-state index is 5.45. The molecule has 88 valence electrons. The summed E-state index contributed by atoms with van der Waals surface area (Å²) in [4.78, 5) is 4.32. The van der Waals surface area contributed by atoms with Crippen molar-refractivity contribution in [2.45, 2.75) is 19.8 Å². The Morgan fingerprint density at radius 2 is 2.50 bits per heavy atom. The summed E-state index contributed by atoms with van der Waals surface area (Å²) in [6.07, 6.45) is 4.25. The van der Waals surface area contributed by atoms with E-state index in [0.717, 1.165) is 30.0 Å². The number of hydrogen-bond acceptors (Lipinski definition) is 3. The van der Waals surface area contributed by atoms with E-state index in [4.69, 9.17) is 4.74 Å². The second-order valence-electron chi connectivity index (χ2n) is 4.25. The molecule has 1 fully saturated rings. The van der Waals surface area contributed by atoms with Gasteiger partial charge in [-0.2, -0.15) is 0 Å². The fourth-order valence-corrected chi connectivity index (χ4v) is 2.25. The first-order valence-electron chi connectivity index (χ1n) is 5.70. The summed E-state index contributed by atoms with van der Waals surface area (Å²) in [7, 11) is 0. The number of anilines is 1. The highest BCUT2D eigenvalue weighted by Gasteiger charge is 2.14. The predicted octanol–water partition coefficient (Wildman–Crippen LogP) is 2.99. The minimum Gasteiger partial charge on any atom is -0.381 e. The maximum Gasteiger partial charge on any atom is 0.140 e. The van der Waals surface area contributed by atoms with Crippen LogP contribution in [0.15, 0.2) is 16.7 Å². The topological polar surface area (TPSA) is 34.2 Å². The van der Waals surface area contributed by atoms with Crippen LogP contribution in [0.3, 0.4) is 0 Å². The van der Waals surface area contributed by atoms with Gasteiger partial charge in [0.1, 0.15) is 5.82 Å². The van der Waals surface area contributed by atoms with Crippen molar-refractivity contribution in [3.63, 3.8) is 0 Å². The first-order chi connectivity index (χ1) is 7.77. The molecule has 1 aromatic heterocycles. The fourth-order valence-electron chi connectivity index (χ4n) is 1.87. The van der Waals surface area contributed by atoms with Gasteiger partial charge < -0.3 is 10.1 Å². The zero-order chi connectivity index (χ0) is 11.4. The van der Waals surface area contributed by atoms with Gasteiger partial charge in [-0.25, -0.2) is 4.98 Å². The SMILES string of the molecule is Cc1ccnc(NCC2CCCOC2)c1Br. The van der Waals surface area contributed by atoms with Gasteiger partial charge >= 0.3 is 0 Å². The van der Waals surface area contributed by atoms with Crippen molar-refractivity contribution in [3.8, 4) is 0 Å². The van der Waals surface area contributed by atoms with Gasteiger partial charge in [0.05, 0.1) is 11.1 Å². The van der Waals surface area contributed by atoms with Gasteiger partial charge in [-0.3, -0.25) is 0 Å². The molecule has 0 aliphatic carbocycles. The van der Waals surface area contributed by atoms with Crippen LogP contribution in [0, 0.1) is 12.8 Å². The molecule has 3 nitrogen and oxygen atoms in total. The van der Waals surface area contributed by atoms with Crippen LogP contribution in [-0.4, -0.2) is 24.7 Å². The molecule has 1 aromatic rings. The van der Waals surface area contributed by atoms with E-state index in [1.165, 1.54) is 18.4 Å². The van der Waals surface area contributed by atoms with Gasteiger partial charge in [0, 0.05) is 19.3 Å². The molecule has 16 heavy (non-hydrogen) atoms. The first kappa shape index (κ1) is 11.9. The average molecular weight is 285 g/mol. The number of aryl methyl sites for hydroxylation is 1. The number of aromatic nitrogens is 1. The van der Waals surface area contributed by atoms with E-state index in [2.05, 4.69) is 33.2 Å². The van der Waals surface area contributed by atoms with E-state index in [1.807, 2.05) is 12.3 Å². The number of pyridine rings is 1. The minimum atomic E-state index is 0.614. The molecule has 2 rings (SSSR count). The molecule has 0 amide bonds. The van der Waals surface area contributed by atoms with Crippen molar-refractivity contribution in [2.24, 2.45) is 5.92 Å². The fraction of sp³-hybridized carbons (Fsp3) is 0.583. The highest BCUT2D eigenvalue weighted by molar-refractivity contribution is 9.10. The molecule has 1 atom stereocenters. The van der Waals surface area contributed by atoms with Crippen LogP contribution >= 0.6 is 15.9 Å². The van der Waals surface area contributed by atoms with Gasteiger partial charge in [0.15, 0.2) is 0 Å². The number of halogens is 1. The second-order valence-corrected chi connectivity index (χ2v) is 5.05. The van der Waals surface area contributed by atoms with Crippen LogP contribution in [0.25, 0.3) is 0 Å². The van der Waals surface area contributed by atoms with E-state index >= 15 is 0 Å². The Hall–Kier alpha value is -0.610. The lowest BCUT2D eigenvalue weighted by molar-refractivity contribution is 0.0595. The Balaban J connectivity index is 1.91. The van der Waals surface area contributed by atoms with Gasteiger partial charge in [-0.15, -0.1) is 0 Å². The number of nitrogens with one attached hydrogen (secondary N) is 1. The van der Waals surface area contributed by atoms with E-state index in [9.17, 15) is 0 Å². The second kappa shape index (κ2) is 5.64. The van der Waals surface area contributed by atoms with E-state index < -0.39 is 0 Å². The largest absolute Gasteiger partial charge is 0.381 e. The van der Waals surface area contributed by atoms with Gasteiger partial charge in [0.2, 0.25) is 0 Å². The molecule has 1 aliphatic rings. The molecule has 1 saturated heterocycles. The van der Waals surface area contributed by atoms with Crippen LogP contribution in [-0.2, 0) is 4.74 Å². The van der Waals surface area contributed by atoms with Crippen LogP contribution in [0.2, 0.25) is 0 Å². The minimum absolute atomic E-state index is 0.614. The summed E-state index contributed by atoms with van der Waals surface area (Å²) in [6, 6.07) is 2.00. The van der Waals surface area contributed by atoms with Crippen molar-refractivity contribution in [2.75, 3.05) is 25.1 Å². The molecule has 0 radical (unpaired) electrons. The van der Waals surface area contributed by atoms with Crippen LogP contribution in [0.4, 0.5) is 5.82 Å². The van der Waals surface area contributed by atoms with Crippen LogP contribution < -0.4 is 5.32 Å². The van der Waals surface area contributed by atoms with Gasteiger partial charge in [0.25, 0.3) is 0 Å². The molecule has 0 bridgehead atoms. The van der Waals surface area contributed by atoms with Crippen molar-refractivity contribution < 1.29 is 4.74 Å². The number of rotatable bonds is 3. The third-order valence-electron chi connectivity index (χ3n) is 2.90. The molecule has 1 unspecified atom stereocenters. The Morgan fingerprint density at radius 3 is 3.25 bits per heavy atom. The normalized spacial score (nSPS) is 20.8. The lowest BCUT2D eigenvalue weighted by Gasteiger charge is -2.22. The summed E-state index contributed by atoms with van der Waals surface area (Å²) in [5, 5.41) is 3.39. The smallest absolute Gasteiger partial charge is 0.140 e. The lowest BCUT2D eigenvalue weighted by Crippen LogP contribution is -2.24. The quantitative estimate of drug-likeness (QED) is 0.927. The zero-order valence-corrected chi connectivity index (χ0v) is 11.1. The van der Waals surface area contributed by atoms with E-state index in [0.29, 0.717) is 5.92 Å². The van der Waals surface area contributed by atoms with Gasteiger partial charge in [-0.1, -0.05) is 0 Å². The Kier molecular flexibility index (Phi) is 4.18. The van der Waals surface area contributed by atoms with E-state index in [1.54, 1.807) is 0 Å². The molecular formula is C12H17BrN2O. The number of nitrogens with zero attached hydrogens (tertiary/aromatic N) is 1. The van der Waals surface area contributed by atoms with Crippen molar-refractivity contribution in [1.29, 1.82) is 0 Å². The molecule has 1 N–H and O–H groups in total. The summed E-state index contributed by atoms with van der Waals surface area (Å²) in [6.45, 7) is 4.80. The Morgan fingerprint density at radius 1 is 1.62 bits per heavy atom. The zero-order valence-electron chi connectivity index (χ0n) is 9.50. The third kappa shape index (κ3) is 2.95. The molecule has 1 aliphatic heterocycles. The molecule has 2 heterocycles. The van der Waals surface area contributed by atoms with Crippen molar-refractivity contribution >= 4 is 21.7 Å². The summed E-state index contributed by atoms with van der Waals surface area (Å²) in [5.74, 6) is 1.55. The monoisotopic (exact) mass is 284 g/mol. The third-order valence-corrected chi connectivity index (χ3v) is 3.90. The standard InChI is InChI=1S/C12H17BrN2O/c1-9-4-5-14-12(11(9)13)15-7-10-3-2-6-16-8-10/h4-5,10H,2-3,6-8H2,1H3,(H,14,15). The molecule has 0 saturated carbocycles. The maximum absolute atomic E-state index is 5.45. The molecular weight excluding hydrogens is 268 g/mol. The molecule has 0 spiro atoms. The molecule has 0 aromatic carbocycles. The predicted molar refractivity (Wildman–Crippen MR) is 68.7 cm³/mol. The molecule has 4 heteroatoms. The summed E-state index contributed by atoms with van der Waals surface area (Å²) in [5.41, 5.74) is 1.21. The van der Waals surface area contributed by atoms with Crippen LogP contribution in [0.5, 0.6) is 0 Å². The summed E-state index contributed by atoms with van der Waals surface area (Å²) >= 11 is 3.55. The lowest BCUT2D eigenvalue weighted by atomic mass is 10.0. The van der Waals surface area contributed by atoms with Crippen molar-refractivity contribution in [3.05, 3.63) is 22.3 Å². The van der Waals surface area contributed by atoms with Crippen molar-refractivity contribution in [1.82, 2.24) is 4.98 Å². The Labute approximate surface area is 105 Å². The summed E-state index contributed by atoms with van der Waals surface area (Å²) < 4.78 is 6.51. The van der Waals surface area contributed by atoms with E-state index in [-0.39, 0.29) is 0 Å². The highest BCUT2D eigenvalue weighted by Crippen LogP contribution is 2.24. The first-order valence-corrected chi connectivity index (χ1v) is 6.49. The average Bonchev–Trinajstić information content (AvgIpc) is 2.32. The Bertz CT molecular complexity index is 351. The highest BCUT2D eigenvalue weighted by atomic mass is 79.9. The van der Waals surface area contributed by atoms with Gasteiger partial charge in [-0.05, 0) is 53.2 Å². The number of ether oxygens (including phenoxy) is 1. The number of hydrogen-bond donors (Lipinski definition) is 1.